The van der Waals surface area contributed by atoms with Gasteiger partial charge in [0.2, 0.25) is 0 Å². The number of fused-ring (bicyclic) bond motifs is 8. The predicted molar refractivity (Wildman–Crippen MR) is 204 cm³/mol. The van der Waals surface area contributed by atoms with E-state index in [1.807, 2.05) is 12.1 Å². The lowest BCUT2D eigenvalue weighted by Crippen LogP contribution is -2.11. The van der Waals surface area contributed by atoms with Crippen molar-refractivity contribution in [2.45, 2.75) is 0 Å². The average Bonchev–Trinajstić information content (AvgIpc) is 3.75. The summed E-state index contributed by atoms with van der Waals surface area (Å²) in [5.41, 5.74) is 10.9. The Morgan fingerprint density at radius 1 is 0.347 bits per heavy atom. The second-order valence-electron chi connectivity index (χ2n) is 12.5. The van der Waals surface area contributed by atoms with Gasteiger partial charge in [0.25, 0.3) is 0 Å². The van der Waals surface area contributed by atoms with Crippen LogP contribution in [-0.4, -0.2) is 0 Å². The van der Waals surface area contributed by atoms with Crippen molar-refractivity contribution in [3.8, 4) is 22.3 Å². The number of furan rings is 2. The summed E-state index contributed by atoms with van der Waals surface area (Å²) in [5.74, 6) is 0. The van der Waals surface area contributed by atoms with Crippen LogP contribution in [-0.2, 0) is 0 Å². The molecule has 2 heterocycles. The van der Waals surface area contributed by atoms with Crippen LogP contribution >= 0.6 is 0 Å². The molecular formula is C46H29NO2. The SMILES string of the molecule is c1ccc(-c2ccc(N(c3ccc4c(oc5ccc6ccccc6c54)c3-c3ccccc3)c3cccc4c3oc3ccccc34)cc2)cc1. The zero-order valence-corrected chi connectivity index (χ0v) is 26.5. The van der Waals surface area contributed by atoms with Crippen molar-refractivity contribution in [2.24, 2.45) is 0 Å². The molecule has 0 saturated carbocycles. The summed E-state index contributed by atoms with van der Waals surface area (Å²) in [4.78, 5) is 2.33. The molecule has 0 spiro atoms. The number of nitrogens with zero attached hydrogens (tertiary/aromatic N) is 1. The Morgan fingerprint density at radius 2 is 1.00 bits per heavy atom. The maximum absolute atomic E-state index is 6.87. The zero-order chi connectivity index (χ0) is 32.3. The van der Waals surface area contributed by atoms with E-state index in [1.54, 1.807) is 0 Å². The predicted octanol–water partition coefficient (Wildman–Crippen LogP) is 13.4. The van der Waals surface area contributed by atoms with E-state index >= 15 is 0 Å². The molecule has 0 aliphatic rings. The van der Waals surface area contributed by atoms with E-state index in [0.717, 1.165) is 77.6 Å². The van der Waals surface area contributed by atoms with Gasteiger partial charge in [-0.25, -0.2) is 0 Å². The molecule has 0 unspecified atom stereocenters. The zero-order valence-electron chi connectivity index (χ0n) is 26.5. The minimum atomic E-state index is 0.838. The fourth-order valence-electron chi connectivity index (χ4n) is 7.42. The Kier molecular flexibility index (Phi) is 6.18. The van der Waals surface area contributed by atoms with E-state index in [4.69, 9.17) is 8.83 Å². The van der Waals surface area contributed by atoms with Crippen molar-refractivity contribution >= 4 is 71.7 Å². The topological polar surface area (TPSA) is 29.5 Å². The third kappa shape index (κ3) is 4.37. The van der Waals surface area contributed by atoms with Gasteiger partial charge in [0.1, 0.15) is 16.7 Å². The van der Waals surface area contributed by atoms with Gasteiger partial charge >= 0.3 is 0 Å². The number of hydrogen-bond donors (Lipinski definition) is 0. The lowest BCUT2D eigenvalue weighted by Gasteiger charge is -2.28. The van der Waals surface area contributed by atoms with Crippen molar-refractivity contribution in [3.63, 3.8) is 0 Å². The van der Waals surface area contributed by atoms with Crippen molar-refractivity contribution in [3.05, 3.63) is 176 Å². The summed E-state index contributed by atoms with van der Waals surface area (Å²) in [7, 11) is 0. The van der Waals surface area contributed by atoms with Crippen LogP contribution in [0.5, 0.6) is 0 Å². The van der Waals surface area contributed by atoms with Gasteiger partial charge < -0.3 is 13.7 Å². The Morgan fingerprint density at radius 3 is 1.82 bits per heavy atom. The molecule has 0 aliphatic carbocycles. The first-order valence-corrected chi connectivity index (χ1v) is 16.6. The summed E-state index contributed by atoms with van der Waals surface area (Å²) in [6.45, 7) is 0. The van der Waals surface area contributed by atoms with E-state index in [9.17, 15) is 0 Å². The summed E-state index contributed by atoms with van der Waals surface area (Å²) in [6.07, 6.45) is 0. The first kappa shape index (κ1) is 27.5. The summed E-state index contributed by atoms with van der Waals surface area (Å²) >= 11 is 0. The molecule has 0 fully saturated rings. The highest BCUT2D eigenvalue weighted by Gasteiger charge is 2.25. The highest BCUT2D eigenvalue weighted by atomic mass is 16.3. The third-order valence-electron chi connectivity index (χ3n) is 9.67. The monoisotopic (exact) mass is 627 g/mol. The van der Waals surface area contributed by atoms with Gasteiger partial charge in [0.05, 0.1) is 11.4 Å². The van der Waals surface area contributed by atoms with Crippen molar-refractivity contribution in [1.29, 1.82) is 0 Å². The molecule has 8 aromatic carbocycles. The van der Waals surface area contributed by atoms with Crippen molar-refractivity contribution in [1.82, 2.24) is 0 Å². The molecule has 230 valence electrons. The van der Waals surface area contributed by atoms with E-state index in [0.29, 0.717) is 0 Å². The average molecular weight is 628 g/mol. The molecule has 49 heavy (non-hydrogen) atoms. The van der Waals surface area contributed by atoms with Gasteiger partial charge in [-0.2, -0.15) is 0 Å². The summed E-state index contributed by atoms with van der Waals surface area (Å²) in [5, 5.41) is 6.79. The van der Waals surface area contributed by atoms with Gasteiger partial charge in [-0.1, -0.05) is 133 Å². The molecule has 0 saturated heterocycles. The van der Waals surface area contributed by atoms with E-state index < -0.39 is 0 Å². The molecule has 2 aromatic heterocycles. The fourth-order valence-corrected chi connectivity index (χ4v) is 7.42. The molecule has 0 radical (unpaired) electrons. The molecular weight excluding hydrogens is 599 g/mol. The van der Waals surface area contributed by atoms with Crippen LogP contribution in [0.2, 0.25) is 0 Å². The molecule has 3 heteroatoms. The lowest BCUT2D eigenvalue weighted by atomic mass is 9.97. The van der Waals surface area contributed by atoms with Gasteiger partial charge in [-0.3, -0.25) is 0 Å². The molecule has 10 aromatic rings. The summed E-state index contributed by atoms with van der Waals surface area (Å²) < 4.78 is 13.5. The number of para-hydroxylation sites is 2. The van der Waals surface area contributed by atoms with Gasteiger partial charge in [-0.15, -0.1) is 0 Å². The molecule has 0 amide bonds. The van der Waals surface area contributed by atoms with E-state index in [2.05, 4.69) is 169 Å². The first-order valence-electron chi connectivity index (χ1n) is 16.6. The second kappa shape index (κ2) is 11.0. The quantitative estimate of drug-likeness (QED) is 0.190. The van der Waals surface area contributed by atoms with Crippen LogP contribution in [0.25, 0.3) is 76.9 Å². The van der Waals surface area contributed by atoms with Gasteiger partial charge in [0.15, 0.2) is 5.58 Å². The molecule has 0 aliphatic heterocycles. The van der Waals surface area contributed by atoms with Crippen LogP contribution in [0.3, 0.4) is 0 Å². The van der Waals surface area contributed by atoms with Crippen LogP contribution in [0.1, 0.15) is 0 Å². The maximum atomic E-state index is 6.87. The molecule has 10 rings (SSSR count). The van der Waals surface area contributed by atoms with Crippen molar-refractivity contribution < 1.29 is 8.83 Å². The Labute approximate surface area is 282 Å². The van der Waals surface area contributed by atoms with Gasteiger partial charge in [0, 0.05) is 32.8 Å². The minimum absolute atomic E-state index is 0.838. The smallest absolute Gasteiger partial charge is 0.159 e. The van der Waals surface area contributed by atoms with Crippen LogP contribution in [0, 0.1) is 0 Å². The summed E-state index contributed by atoms with van der Waals surface area (Å²) in [6, 6.07) is 61.8. The highest BCUT2D eigenvalue weighted by molar-refractivity contribution is 6.22. The fraction of sp³-hybridized carbons (Fsp3) is 0. The lowest BCUT2D eigenvalue weighted by molar-refractivity contribution is 0.668. The highest BCUT2D eigenvalue weighted by Crippen LogP contribution is 2.49. The maximum Gasteiger partial charge on any atom is 0.159 e. The van der Waals surface area contributed by atoms with Gasteiger partial charge in [-0.05, 0) is 69.9 Å². The Balaban J connectivity index is 1.29. The normalized spacial score (nSPS) is 11.7. The van der Waals surface area contributed by atoms with Crippen LogP contribution < -0.4 is 4.90 Å². The van der Waals surface area contributed by atoms with Crippen LogP contribution in [0.15, 0.2) is 185 Å². The molecule has 0 atom stereocenters. The van der Waals surface area contributed by atoms with Crippen molar-refractivity contribution in [2.75, 3.05) is 4.90 Å². The van der Waals surface area contributed by atoms with Crippen LogP contribution in [0.4, 0.5) is 17.1 Å². The Bertz CT molecular complexity index is 2810. The number of hydrogen-bond acceptors (Lipinski definition) is 3. The standard InChI is InChI=1S/C46H29NO2/c1-3-12-30(13-4-1)31-22-25-34(26-23-31)47(40-20-11-19-37-36-18-9-10-21-41(36)48-45(37)40)39-28-27-38-44-35-17-8-7-14-32(35)24-29-42(44)49-46(38)43(39)33-15-5-2-6-16-33/h1-29H. The molecule has 0 N–H and O–H groups in total. The minimum Gasteiger partial charge on any atom is -0.455 e. The third-order valence-corrected chi connectivity index (χ3v) is 9.67. The number of benzene rings is 8. The van der Waals surface area contributed by atoms with E-state index in [-0.39, 0.29) is 0 Å². The van der Waals surface area contributed by atoms with E-state index in [1.165, 1.54) is 16.3 Å². The molecule has 0 bridgehead atoms. The number of rotatable bonds is 5. The molecule has 3 nitrogen and oxygen atoms in total. The number of anilines is 3. The Hall–Kier alpha value is -6.58. The largest absolute Gasteiger partial charge is 0.455 e. The first-order chi connectivity index (χ1) is 24.3. The second-order valence-corrected chi connectivity index (χ2v) is 12.5.